The van der Waals surface area contributed by atoms with E-state index in [-0.39, 0.29) is 11.9 Å². The number of fused-ring (bicyclic) bond motifs is 1. The van der Waals surface area contributed by atoms with Gasteiger partial charge in [-0.1, -0.05) is 18.2 Å². The highest BCUT2D eigenvalue weighted by Gasteiger charge is 2.29. The molecule has 0 radical (unpaired) electrons. The van der Waals surface area contributed by atoms with Gasteiger partial charge in [-0.2, -0.15) is 10.2 Å². The van der Waals surface area contributed by atoms with Crippen LogP contribution in [-0.4, -0.2) is 30.5 Å². The van der Waals surface area contributed by atoms with E-state index in [1.54, 1.807) is 0 Å². The first-order chi connectivity index (χ1) is 14.9. The number of nitrogens with one attached hydrogen (secondary N) is 1. The summed E-state index contributed by atoms with van der Waals surface area (Å²) >= 11 is 0. The van der Waals surface area contributed by atoms with Gasteiger partial charge in [-0.3, -0.25) is 9.48 Å². The molecule has 0 aliphatic heterocycles. The fourth-order valence-corrected chi connectivity index (χ4v) is 4.12. The van der Waals surface area contributed by atoms with Crippen molar-refractivity contribution in [1.29, 1.82) is 0 Å². The molecule has 1 unspecified atom stereocenters. The molecule has 0 saturated heterocycles. The van der Waals surface area contributed by atoms with Crippen LogP contribution in [-0.2, 0) is 7.05 Å². The zero-order chi connectivity index (χ0) is 21.7. The van der Waals surface area contributed by atoms with E-state index < -0.39 is 0 Å². The average molecular weight is 415 g/mol. The van der Waals surface area contributed by atoms with Crippen LogP contribution >= 0.6 is 0 Å². The number of aryl methyl sites for hydroxylation is 2. The molecule has 1 saturated carbocycles. The highest BCUT2D eigenvalue weighted by Crippen LogP contribution is 2.40. The quantitative estimate of drug-likeness (QED) is 0.532. The Morgan fingerprint density at radius 2 is 1.94 bits per heavy atom. The number of carbonyl (C=O) groups excluding carboxylic acids is 1. The molecule has 1 aliphatic rings. The van der Waals surface area contributed by atoms with Gasteiger partial charge < -0.3 is 5.32 Å². The lowest BCUT2D eigenvalue weighted by molar-refractivity contribution is 0.0941. The maximum atomic E-state index is 13.5. The van der Waals surface area contributed by atoms with Crippen LogP contribution < -0.4 is 5.32 Å². The molecule has 3 heterocycles. The summed E-state index contributed by atoms with van der Waals surface area (Å²) in [4.78, 5) is 18.4. The van der Waals surface area contributed by atoms with Crippen LogP contribution in [0.3, 0.4) is 0 Å². The van der Waals surface area contributed by atoms with Gasteiger partial charge in [0.15, 0.2) is 5.65 Å². The number of hydrogen-bond acceptors (Lipinski definition) is 4. The van der Waals surface area contributed by atoms with Gasteiger partial charge in [0.1, 0.15) is 0 Å². The number of carbonyl (C=O) groups is 1. The highest BCUT2D eigenvalue weighted by molar-refractivity contribution is 6.07. The Morgan fingerprint density at radius 3 is 2.58 bits per heavy atom. The molecule has 1 N–H and O–H groups in total. The van der Waals surface area contributed by atoms with Crippen LogP contribution in [0, 0.1) is 13.8 Å². The molecule has 1 fully saturated rings. The number of pyridine rings is 1. The van der Waals surface area contributed by atoms with Gasteiger partial charge in [-0.25, -0.2) is 9.67 Å². The Kier molecular flexibility index (Phi) is 4.61. The van der Waals surface area contributed by atoms with E-state index in [9.17, 15) is 4.79 Å². The number of aromatic nitrogens is 5. The van der Waals surface area contributed by atoms with Crippen molar-refractivity contribution in [2.75, 3.05) is 0 Å². The molecule has 0 spiro atoms. The summed E-state index contributed by atoms with van der Waals surface area (Å²) in [5.74, 6) is 0.314. The smallest absolute Gasteiger partial charge is 0.252 e. The van der Waals surface area contributed by atoms with Crippen LogP contribution in [0.25, 0.3) is 16.7 Å². The third-order valence-corrected chi connectivity index (χ3v) is 6.16. The summed E-state index contributed by atoms with van der Waals surface area (Å²) in [5.41, 5.74) is 6.14. The number of nitrogens with zero attached hydrogens (tertiary/aromatic N) is 5. The first-order valence-corrected chi connectivity index (χ1v) is 10.7. The predicted octanol–water partition coefficient (Wildman–Crippen LogP) is 4.14. The lowest BCUT2D eigenvalue weighted by atomic mass is 10.1. The monoisotopic (exact) mass is 414 g/mol. The van der Waals surface area contributed by atoms with Crippen LogP contribution in [0.1, 0.15) is 64.7 Å². The molecule has 1 amide bonds. The van der Waals surface area contributed by atoms with Gasteiger partial charge in [-0.15, -0.1) is 0 Å². The topological polar surface area (TPSA) is 77.6 Å². The normalized spacial score (nSPS) is 14.7. The van der Waals surface area contributed by atoms with Crippen molar-refractivity contribution in [3.05, 3.63) is 70.8 Å². The van der Waals surface area contributed by atoms with Gasteiger partial charge in [0, 0.05) is 29.9 Å². The molecule has 4 aromatic rings. The molecule has 7 heteroatoms. The van der Waals surface area contributed by atoms with Crippen LogP contribution in [0.4, 0.5) is 0 Å². The Balaban J connectivity index is 1.60. The lowest BCUT2D eigenvalue weighted by Crippen LogP contribution is -2.27. The maximum Gasteiger partial charge on any atom is 0.252 e. The second-order valence-electron chi connectivity index (χ2n) is 8.40. The van der Waals surface area contributed by atoms with Crippen molar-refractivity contribution < 1.29 is 4.79 Å². The molecule has 3 aromatic heterocycles. The SMILES string of the molecule is Cc1nn(-c2ccccc2)c2nc(C3CC3)cc(C(=O)NC(C)c3cnn(C)c3C)c12. The van der Waals surface area contributed by atoms with Crippen LogP contribution in [0.15, 0.2) is 42.6 Å². The second kappa shape index (κ2) is 7.34. The molecule has 7 nitrogen and oxygen atoms in total. The third-order valence-electron chi connectivity index (χ3n) is 6.16. The van der Waals surface area contributed by atoms with Gasteiger partial charge >= 0.3 is 0 Å². The number of para-hydroxylation sites is 1. The zero-order valence-electron chi connectivity index (χ0n) is 18.3. The number of benzene rings is 1. The first-order valence-electron chi connectivity index (χ1n) is 10.7. The van der Waals surface area contributed by atoms with E-state index in [1.807, 2.05) is 79.8 Å². The molecular formula is C24H26N6O. The standard InChI is InChI=1S/C24H26N6O/c1-14(20-13-25-29(4)16(20)3)26-24(31)19-12-21(17-10-11-17)27-23-22(19)15(2)28-30(23)18-8-6-5-7-9-18/h5-9,12-14,17H,10-11H2,1-4H3,(H,26,31). The number of rotatable bonds is 5. The van der Waals surface area contributed by atoms with E-state index in [4.69, 9.17) is 10.1 Å². The van der Waals surface area contributed by atoms with Gasteiger partial charge in [-0.05, 0) is 51.8 Å². The maximum absolute atomic E-state index is 13.5. The fourth-order valence-electron chi connectivity index (χ4n) is 4.12. The van der Waals surface area contributed by atoms with Crippen LogP contribution in [0.2, 0.25) is 0 Å². The van der Waals surface area contributed by atoms with Crippen LogP contribution in [0.5, 0.6) is 0 Å². The third kappa shape index (κ3) is 3.40. The molecular weight excluding hydrogens is 388 g/mol. The summed E-state index contributed by atoms with van der Waals surface area (Å²) in [5, 5.41) is 13.0. The molecule has 31 heavy (non-hydrogen) atoms. The molecule has 1 aromatic carbocycles. The predicted molar refractivity (Wildman–Crippen MR) is 119 cm³/mol. The average Bonchev–Trinajstić information content (AvgIpc) is 3.50. The van der Waals surface area contributed by atoms with E-state index >= 15 is 0 Å². The van der Waals surface area contributed by atoms with Crippen molar-refractivity contribution in [2.45, 2.75) is 45.6 Å². The van der Waals surface area contributed by atoms with Gasteiger partial charge in [0.2, 0.25) is 0 Å². The lowest BCUT2D eigenvalue weighted by Gasteiger charge is -2.15. The Bertz CT molecular complexity index is 1280. The molecule has 1 atom stereocenters. The first kappa shape index (κ1) is 19.5. The fraction of sp³-hybridized carbons (Fsp3) is 0.333. The Hall–Kier alpha value is -3.48. The van der Waals surface area contributed by atoms with E-state index in [0.29, 0.717) is 11.5 Å². The van der Waals surface area contributed by atoms with Crippen molar-refractivity contribution >= 4 is 16.9 Å². The van der Waals surface area contributed by atoms with Crippen molar-refractivity contribution in [1.82, 2.24) is 29.9 Å². The minimum Gasteiger partial charge on any atom is -0.345 e. The molecule has 158 valence electrons. The van der Waals surface area contributed by atoms with Crippen molar-refractivity contribution in [2.24, 2.45) is 7.05 Å². The van der Waals surface area contributed by atoms with Gasteiger partial charge in [0.25, 0.3) is 5.91 Å². The largest absolute Gasteiger partial charge is 0.345 e. The van der Waals surface area contributed by atoms with Crippen molar-refractivity contribution in [3.63, 3.8) is 0 Å². The summed E-state index contributed by atoms with van der Waals surface area (Å²) in [7, 11) is 1.91. The Labute approximate surface area is 181 Å². The van der Waals surface area contributed by atoms with E-state index in [1.165, 1.54) is 0 Å². The summed E-state index contributed by atoms with van der Waals surface area (Å²) < 4.78 is 3.67. The van der Waals surface area contributed by atoms with E-state index in [0.717, 1.165) is 52.2 Å². The highest BCUT2D eigenvalue weighted by atomic mass is 16.1. The summed E-state index contributed by atoms with van der Waals surface area (Å²) in [6.45, 7) is 5.93. The summed E-state index contributed by atoms with van der Waals surface area (Å²) in [6.07, 6.45) is 4.04. The van der Waals surface area contributed by atoms with E-state index in [2.05, 4.69) is 10.4 Å². The number of hydrogen-bond donors (Lipinski definition) is 1. The Morgan fingerprint density at radius 1 is 1.19 bits per heavy atom. The van der Waals surface area contributed by atoms with Crippen molar-refractivity contribution in [3.8, 4) is 5.69 Å². The molecule has 0 bridgehead atoms. The minimum absolute atomic E-state index is 0.110. The number of amides is 1. The minimum atomic E-state index is -0.154. The van der Waals surface area contributed by atoms with Gasteiger partial charge in [0.05, 0.1) is 34.6 Å². The summed E-state index contributed by atoms with van der Waals surface area (Å²) in [6, 6.07) is 11.8. The zero-order valence-corrected chi connectivity index (χ0v) is 18.3. The molecule has 5 rings (SSSR count). The second-order valence-corrected chi connectivity index (χ2v) is 8.40. The molecule has 1 aliphatic carbocycles.